The number of carbonyl (C=O) groups excluding carboxylic acids is 4. The summed E-state index contributed by atoms with van der Waals surface area (Å²) in [5.41, 5.74) is 0.560. The molecule has 1 heterocycles. The number of hydrogen-bond acceptors (Lipinski definition) is 8. The van der Waals surface area contributed by atoms with Gasteiger partial charge in [-0.1, -0.05) is 0 Å². The molecule has 1 aliphatic rings. The molecule has 2 rings (SSSR count). The van der Waals surface area contributed by atoms with E-state index in [-0.39, 0.29) is 13.0 Å². The SMILES string of the molecule is COC(=O)C1C(=O)N(c2ccc(OC)cc2)C1C[C@@H](COC(C)=O)OC(C)=O. The van der Waals surface area contributed by atoms with Gasteiger partial charge in [-0.25, -0.2) is 0 Å². The highest BCUT2D eigenvalue weighted by Crippen LogP contribution is 2.37. The van der Waals surface area contributed by atoms with E-state index in [0.29, 0.717) is 11.4 Å². The molecular formula is C19H23NO8. The van der Waals surface area contributed by atoms with Gasteiger partial charge in [-0.15, -0.1) is 0 Å². The van der Waals surface area contributed by atoms with E-state index in [9.17, 15) is 19.2 Å². The highest BCUT2D eigenvalue weighted by atomic mass is 16.6. The monoisotopic (exact) mass is 393 g/mol. The van der Waals surface area contributed by atoms with E-state index in [1.165, 1.54) is 33.0 Å². The van der Waals surface area contributed by atoms with Crippen LogP contribution < -0.4 is 9.64 Å². The maximum Gasteiger partial charge on any atom is 0.320 e. The Balaban J connectivity index is 2.25. The molecule has 28 heavy (non-hydrogen) atoms. The van der Waals surface area contributed by atoms with Crippen LogP contribution >= 0.6 is 0 Å². The molecule has 1 fully saturated rings. The third-order valence-corrected chi connectivity index (χ3v) is 4.34. The minimum atomic E-state index is -1.03. The van der Waals surface area contributed by atoms with Gasteiger partial charge in [-0.3, -0.25) is 19.2 Å². The maximum atomic E-state index is 12.6. The van der Waals surface area contributed by atoms with Crippen LogP contribution in [0.2, 0.25) is 0 Å². The number of nitrogens with zero attached hydrogens (tertiary/aromatic N) is 1. The summed E-state index contributed by atoms with van der Waals surface area (Å²) in [7, 11) is 2.73. The van der Waals surface area contributed by atoms with Crippen molar-refractivity contribution in [3.05, 3.63) is 24.3 Å². The van der Waals surface area contributed by atoms with E-state index in [1.54, 1.807) is 24.3 Å². The van der Waals surface area contributed by atoms with E-state index in [2.05, 4.69) is 0 Å². The summed E-state index contributed by atoms with van der Waals surface area (Å²) < 4.78 is 20.0. The van der Waals surface area contributed by atoms with Crippen molar-refractivity contribution < 1.29 is 38.1 Å². The largest absolute Gasteiger partial charge is 0.497 e. The predicted octanol–water partition coefficient (Wildman–Crippen LogP) is 1.08. The molecule has 0 saturated carbocycles. The van der Waals surface area contributed by atoms with Gasteiger partial charge >= 0.3 is 17.9 Å². The molecule has 1 saturated heterocycles. The lowest BCUT2D eigenvalue weighted by atomic mass is 9.83. The van der Waals surface area contributed by atoms with E-state index in [0.717, 1.165) is 0 Å². The molecule has 9 heteroatoms. The standard InChI is InChI=1S/C19H23NO8/c1-11(21)27-10-15(28-12(2)22)9-16-17(19(24)26-4)18(23)20(16)13-5-7-14(25-3)8-6-13/h5-8,15-17H,9-10H2,1-4H3/t15-,16?,17?/m0/s1. The fourth-order valence-electron chi connectivity index (χ4n) is 3.10. The lowest BCUT2D eigenvalue weighted by Crippen LogP contribution is -2.65. The van der Waals surface area contributed by atoms with E-state index in [4.69, 9.17) is 18.9 Å². The van der Waals surface area contributed by atoms with Gasteiger partial charge in [0.15, 0.2) is 5.92 Å². The highest BCUT2D eigenvalue weighted by molar-refractivity contribution is 6.13. The Morgan fingerprint density at radius 1 is 1.07 bits per heavy atom. The van der Waals surface area contributed by atoms with Gasteiger partial charge in [0, 0.05) is 26.0 Å². The Kier molecular flexibility index (Phi) is 6.97. The normalized spacial score (nSPS) is 19.3. The van der Waals surface area contributed by atoms with Crippen LogP contribution in [-0.2, 0) is 33.4 Å². The second kappa shape index (κ2) is 9.20. The van der Waals surface area contributed by atoms with Crippen LogP contribution in [-0.4, -0.2) is 56.8 Å². The van der Waals surface area contributed by atoms with Crippen LogP contribution in [0.4, 0.5) is 5.69 Å². The summed E-state index contributed by atoms with van der Waals surface area (Å²) in [4.78, 5) is 48.6. The minimum Gasteiger partial charge on any atom is -0.497 e. The third-order valence-electron chi connectivity index (χ3n) is 4.34. The summed E-state index contributed by atoms with van der Waals surface area (Å²) in [5, 5.41) is 0. The van der Waals surface area contributed by atoms with Crippen molar-refractivity contribution in [3.8, 4) is 5.75 Å². The fraction of sp³-hybridized carbons (Fsp3) is 0.474. The molecule has 152 valence electrons. The first kappa shape index (κ1) is 21.2. The molecule has 0 aliphatic carbocycles. The van der Waals surface area contributed by atoms with Gasteiger partial charge in [-0.05, 0) is 24.3 Å². The number of anilines is 1. The fourth-order valence-corrected chi connectivity index (χ4v) is 3.10. The number of hydrogen-bond donors (Lipinski definition) is 0. The molecule has 0 bridgehead atoms. The number of ether oxygens (including phenoxy) is 4. The number of amides is 1. The molecule has 0 spiro atoms. The molecule has 0 aromatic heterocycles. The van der Waals surface area contributed by atoms with Gasteiger partial charge in [0.2, 0.25) is 5.91 Å². The van der Waals surface area contributed by atoms with Crippen molar-refractivity contribution in [1.82, 2.24) is 0 Å². The summed E-state index contributed by atoms with van der Waals surface area (Å²) in [5.74, 6) is -2.59. The average Bonchev–Trinajstić information content (AvgIpc) is 2.65. The first-order valence-corrected chi connectivity index (χ1v) is 8.64. The lowest BCUT2D eigenvalue weighted by molar-refractivity contribution is -0.160. The Labute approximate surface area is 162 Å². The lowest BCUT2D eigenvalue weighted by Gasteiger charge is -2.46. The third kappa shape index (κ3) is 4.79. The minimum absolute atomic E-state index is 0.102. The van der Waals surface area contributed by atoms with Crippen molar-refractivity contribution in [2.45, 2.75) is 32.4 Å². The molecule has 2 unspecified atom stereocenters. The molecule has 0 radical (unpaired) electrons. The quantitative estimate of drug-likeness (QED) is 0.279. The van der Waals surface area contributed by atoms with E-state index >= 15 is 0 Å². The first-order valence-electron chi connectivity index (χ1n) is 8.64. The second-order valence-electron chi connectivity index (χ2n) is 6.24. The number of carbonyl (C=O) groups is 4. The number of benzene rings is 1. The average molecular weight is 393 g/mol. The van der Waals surface area contributed by atoms with Gasteiger partial charge in [0.25, 0.3) is 0 Å². The molecule has 0 N–H and O–H groups in total. The van der Waals surface area contributed by atoms with Crippen LogP contribution in [0.15, 0.2) is 24.3 Å². The number of β-lactam (4-membered cyclic amide) rings is 1. The van der Waals surface area contributed by atoms with Gasteiger partial charge < -0.3 is 23.8 Å². The van der Waals surface area contributed by atoms with Crippen molar-refractivity contribution in [2.75, 3.05) is 25.7 Å². The van der Waals surface area contributed by atoms with Crippen molar-refractivity contribution >= 4 is 29.5 Å². The second-order valence-corrected chi connectivity index (χ2v) is 6.24. The van der Waals surface area contributed by atoms with Crippen molar-refractivity contribution in [3.63, 3.8) is 0 Å². The number of rotatable bonds is 8. The molecule has 1 aliphatic heterocycles. The van der Waals surface area contributed by atoms with Crippen molar-refractivity contribution in [2.24, 2.45) is 5.92 Å². The maximum absolute atomic E-state index is 12.6. The Bertz CT molecular complexity index is 745. The van der Waals surface area contributed by atoms with Crippen molar-refractivity contribution in [1.29, 1.82) is 0 Å². The topological polar surface area (TPSA) is 108 Å². The van der Waals surface area contributed by atoms with Crippen LogP contribution in [0.5, 0.6) is 5.75 Å². The Hall–Kier alpha value is -3.10. The van der Waals surface area contributed by atoms with Gasteiger partial charge in [0.05, 0.1) is 20.3 Å². The summed E-state index contributed by atoms with van der Waals surface area (Å²) in [6, 6.07) is 6.13. The smallest absolute Gasteiger partial charge is 0.320 e. The van der Waals surface area contributed by atoms with E-state index < -0.39 is 41.9 Å². The van der Waals surface area contributed by atoms with Crippen LogP contribution in [0.1, 0.15) is 20.3 Å². The zero-order chi connectivity index (χ0) is 20.8. The van der Waals surface area contributed by atoms with Gasteiger partial charge in [-0.2, -0.15) is 0 Å². The molecule has 1 aromatic carbocycles. The molecule has 1 aromatic rings. The predicted molar refractivity (Wildman–Crippen MR) is 96.6 cm³/mol. The Morgan fingerprint density at radius 3 is 2.21 bits per heavy atom. The Morgan fingerprint density at radius 2 is 1.71 bits per heavy atom. The first-order chi connectivity index (χ1) is 13.3. The van der Waals surface area contributed by atoms with Gasteiger partial charge in [0.1, 0.15) is 18.5 Å². The van der Waals surface area contributed by atoms with E-state index in [1.807, 2.05) is 0 Å². The van der Waals surface area contributed by atoms with Crippen LogP contribution in [0, 0.1) is 5.92 Å². The van der Waals surface area contributed by atoms with Crippen LogP contribution in [0.25, 0.3) is 0 Å². The number of methoxy groups -OCH3 is 2. The highest BCUT2D eigenvalue weighted by Gasteiger charge is 2.53. The zero-order valence-electron chi connectivity index (χ0n) is 16.2. The summed E-state index contributed by atoms with van der Waals surface area (Å²) in [6.45, 7) is 2.29. The summed E-state index contributed by atoms with van der Waals surface area (Å²) in [6.07, 6.45) is -0.711. The molecular weight excluding hydrogens is 370 g/mol. The number of esters is 3. The molecule has 1 amide bonds. The molecule has 9 nitrogen and oxygen atoms in total. The molecule has 3 atom stereocenters. The summed E-state index contributed by atoms with van der Waals surface area (Å²) >= 11 is 0. The zero-order valence-corrected chi connectivity index (χ0v) is 16.2. The van der Waals surface area contributed by atoms with Crippen LogP contribution in [0.3, 0.4) is 0 Å².